The Kier molecular flexibility index (Phi) is 3.58. The lowest BCUT2D eigenvalue weighted by Gasteiger charge is -2.04. The van der Waals surface area contributed by atoms with Crippen LogP contribution < -0.4 is 5.32 Å². The van der Waals surface area contributed by atoms with Crippen molar-refractivity contribution in [2.45, 2.75) is 26.4 Å². The molecule has 0 aliphatic rings. The van der Waals surface area contributed by atoms with Crippen molar-refractivity contribution in [2.75, 3.05) is 0 Å². The van der Waals surface area contributed by atoms with Gasteiger partial charge in [0.05, 0.1) is 5.69 Å². The molecule has 0 aliphatic carbocycles. The average molecular weight is 234 g/mol. The van der Waals surface area contributed by atoms with E-state index in [2.05, 4.69) is 39.5 Å². The molecule has 5 heteroatoms. The Balaban J connectivity index is 2.08. The number of thiazole rings is 1. The summed E-state index contributed by atoms with van der Waals surface area (Å²) in [5.74, 6) is 0. The lowest BCUT2D eigenvalue weighted by molar-refractivity contribution is 0.583. The standard InChI is InChI=1S/C11H14N4S/c1-8(2)13-5-9-6-16-11(15-9)10-3-4-12-7-14-10/h3-4,6-8,13H,5H2,1-2H3. The Morgan fingerprint density at radius 2 is 2.31 bits per heavy atom. The smallest absolute Gasteiger partial charge is 0.142 e. The molecule has 4 nitrogen and oxygen atoms in total. The summed E-state index contributed by atoms with van der Waals surface area (Å²) in [6.45, 7) is 5.05. The Hall–Kier alpha value is -1.33. The SMILES string of the molecule is CC(C)NCc1csc(-c2ccncn2)n1. The molecule has 0 aromatic carbocycles. The summed E-state index contributed by atoms with van der Waals surface area (Å²) in [4.78, 5) is 12.6. The van der Waals surface area contributed by atoms with E-state index in [1.165, 1.54) is 0 Å². The summed E-state index contributed by atoms with van der Waals surface area (Å²) in [6, 6.07) is 2.35. The molecule has 0 aliphatic heterocycles. The van der Waals surface area contributed by atoms with Crippen LogP contribution in [0.25, 0.3) is 10.7 Å². The summed E-state index contributed by atoms with van der Waals surface area (Å²) in [6.07, 6.45) is 3.28. The van der Waals surface area contributed by atoms with Gasteiger partial charge in [-0.05, 0) is 6.07 Å². The first-order valence-corrected chi connectivity index (χ1v) is 6.08. The number of aromatic nitrogens is 3. The highest BCUT2D eigenvalue weighted by atomic mass is 32.1. The van der Waals surface area contributed by atoms with Crippen LogP contribution in [0, 0.1) is 0 Å². The number of nitrogens with zero attached hydrogens (tertiary/aromatic N) is 3. The number of hydrogen-bond donors (Lipinski definition) is 1. The fourth-order valence-corrected chi connectivity index (χ4v) is 2.03. The average Bonchev–Trinajstić information content (AvgIpc) is 2.76. The molecule has 2 aromatic rings. The first kappa shape index (κ1) is 11.2. The highest BCUT2D eigenvalue weighted by Gasteiger charge is 2.05. The van der Waals surface area contributed by atoms with E-state index in [1.807, 2.05) is 6.07 Å². The largest absolute Gasteiger partial charge is 0.309 e. The molecule has 0 saturated heterocycles. The zero-order valence-corrected chi connectivity index (χ0v) is 10.2. The van der Waals surface area contributed by atoms with Crippen molar-refractivity contribution in [3.8, 4) is 10.7 Å². The molecule has 2 aromatic heterocycles. The highest BCUT2D eigenvalue weighted by molar-refractivity contribution is 7.13. The van der Waals surface area contributed by atoms with Gasteiger partial charge in [-0.2, -0.15) is 0 Å². The van der Waals surface area contributed by atoms with Gasteiger partial charge in [-0.15, -0.1) is 11.3 Å². The molecule has 0 amide bonds. The zero-order valence-electron chi connectivity index (χ0n) is 9.34. The van der Waals surface area contributed by atoms with Crippen LogP contribution in [0.3, 0.4) is 0 Å². The lowest BCUT2D eigenvalue weighted by Crippen LogP contribution is -2.21. The van der Waals surface area contributed by atoms with Crippen molar-refractivity contribution in [3.63, 3.8) is 0 Å². The minimum absolute atomic E-state index is 0.476. The topological polar surface area (TPSA) is 50.7 Å². The van der Waals surface area contributed by atoms with E-state index in [0.29, 0.717) is 6.04 Å². The molecule has 0 spiro atoms. The van der Waals surface area contributed by atoms with E-state index >= 15 is 0 Å². The van der Waals surface area contributed by atoms with Crippen LogP contribution in [0.4, 0.5) is 0 Å². The fourth-order valence-electron chi connectivity index (χ4n) is 1.23. The first-order valence-electron chi connectivity index (χ1n) is 5.20. The van der Waals surface area contributed by atoms with E-state index in [1.54, 1.807) is 23.9 Å². The van der Waals surface area contributed by atoms with Gasteiger partial charge in [-0.25, -0.2) is 15.0 Å². The summed E-state index contributed by atoms with van der Waals surface area (Å²) in [5.41, 5.74) is 1.95. The normalized spacial score (nSPS) is 10.9. The van der Waals surface area contributed by atoms with Crippen LogP contribution in [0.15, 0.2) is 24.0 Å². The van der Waals surface area contributed by atoms with Gasteiger partial charge in [-0.3, -0.25) is 0 Å². The van der Waals surface area contributed by atoms with Gasteiger partial charge in [0.2, 0.25) is 0 Å². The highest BCUT2D eigenvalue weighted by Crippen LogP contribution is 2.20. The van der Waals surface area contributed by atoms with E-state index in [-0.39, 0.29) is 0 Å². The second-order valence-electron chi connectivity index (χ2n) is 3.77. The van der Waals surface area contributed by atoms with Crippen LogP contribution in [0.2, 0.25) is 0 Å². The molecule has 0 bridgehead atoms. The van der Waals surface area contributed by atoms with Crippen LogP contribution in [0.5, 0.6) is 0 Å². The van der Waals surface area contributed by atoms with Crippen LogP contribution in [-0.2, 0) is 6.54 Å². The van der Waals surface area contributed by atoms with Gasteiger partial charge < -0.3 is 5.32 Å². The van der Waals surface area contributed by atoms with Crippen molar-refractivity contribution in [1.29, 1.82) is 0 Å². The monoisotopic (exact) mass is 234 g/mol. The third-order valence-corrected chi connectivity index (χ3v) is 2.96. The summed E-state index contributed by atoms with van der Waals surface area (Å²) in [5, 5.41) is 6.35. The van der Waals surface area contributed by atoms with Gasteiger partial charge in [0.1, 0.15) is 17.0 Å². The van der Waals surface area contributed by atoms with Crippen molar-refractivity contribution in [1.82, 2.24) is 20.3 Å². The van der Waals surface area contributed by atoms with Gasteiger partial charge in [0, 0.05) is 24.2 Å². The fraction of sp³-hybridized carbons (Fsp3) is 0.364. The summed E-state index contributed by atoms with van der Waals surface area (Å²) in [7, 11) is 0. The third kappa shape index (κ3) is 2.84. The zero-order chi connectivity index (χ0) is 11.4. The quantitative estimate of drug-likeness (QED) is 0.880. The van der Waals surface area contributed by atoms with Gasteiger partial charge >= 0.3 is 0 Å². The Bertz CT molecular complexity index is 438. The number of nitrogens with one attached hydrogen (secondary N) is 1. The molecule has 0 atom stereocenters. The molecule has 2 heterocycles. The van der Waals surface area contributed by atoms with Crippen molar-refractivity contribution >= 4 is 11.3 Å². The minimum Gasteiger partial charge on any atom is -0.309 e. The maximum Gasteiger partial charge on any atom is 0.142 e. The van der Waals surface area contributed by atoms with Crippen molar-refractivity contribution in [2.24, 2.45) is 0 Å². The van der Waals surface area contributed by atoms with Gasteiger partial charge in [0.25, 0.3) is 0 Å². The van der Waals surface area contributed by atoms with Crippen LogP contribution in [-0.4, -0.2) is 21.0 Å². The Morgan fingerprint density at radius 1 is 1.44 bits per heavy atom. The van der Waals surface area contributed by atoms with Crippen LogP contribution in [0.1, 0.15) is 19.5 Å². The molecule has 1 N–H and O–H groups in total. The molecular formula is C11H14N4S. The molecule has 0 fully saturated rings. The van der Waals surface area contributed by atoms with E-state index in [4.69, 9.17) is 0 Å². The molecule has 0 saturated carbocycles. The molecule has 0 unspecified atom stereocenters. The van der Waals surface area contributed by atoms with E-state index in [0.717, 1.165) is 22.9 Å². The van der Waals surface area contributed by atoms with Gasteiger partial charge in [-0.1, -0.05) is 13.8 Å². The predicted octanol–water partition coefficient (Wildman–Crippen LogP) is 2.10. The lowest BCUT2D eigenvalue weighted by atomic mass is 10.3. The molecule has 0 radical (unpaired) electrons. The molecule has 16 heavy (non-hydrogen) atoms. The molecule has 84 valence electrons. The number of rotatable bonds is 4. The predicted molar refractivity (Wildman–Crippen MR) is 65.1 cm³/mol. The Morgan fingerprint density at radius 3 is 3.00 bits per heavy atom. The van der Waals surface area contributed by atoms with Gasteiger partial charge in [0.15, 0.2) is 0 Å². The summed E-state index contributed by atoms with van der Waals surface area (Å²) >= 11 is 1.61. The maximum absolute atomic E-state index is 4.52. The second kappa shape index (κ2) is 5.14. The van der Waals surface area contributed by atoms with Crippen molar-refractivity contribution < 1.29 is 0 Å². The third-order valence-electron chi connectivity index (χ3n) is 2.04. The molecule has 2 rings (SSSR count). The van der Waals surface area contributed by atoms with E-state index in [9.17, 15) is 0 Å². The second-order valence-corrected chi connectivity index (χ2v) is 4.63. The maximum atomic E-state index is 4.52. The Labute approximate surface area is 98.8 Å². The van der Waals surface area contributed by atoms with E-state index < -0.39 is 0 Å². The molecular weight excluding hydrogens is 220 g/mol. The first-order chi connectivity index (χ1) is 7.75. The minimum atomic E-state index is 0.476. The van der Waals surface area contributed by atoms with Crippen molar-refractivity contribution in [3.05, 3.63) is 29.7 Å². The summed E-state index contributed by atoms with van der Waals surface area (Å²) < 4.78 is 0. The number of hydrogen-bond acceptors (Lipinski definition) is 5. The van der Waals surface area contributed by atoms with Crippen LogP contribution >= 0.6 is 11.3 Å².